The number of carbonyl (C=O) groups excluding carboxylic acids is 1. The van der Waals surface area contributed by atoms with Gasteiger partial charge in [0.05, 0.1) is 17.3 Å². The van der Waals surface area contributed by atoms with E-state index in [1.807, 2.05) is 35.9 Å². The van der Waals surface area contributed by atoms with E-state index in [4.69, 9.17) is 4.74 Å². The molecule has 0 saturated carbocycles. The Balaban J connectivity index is 1.65. The minimum Gasteiger partial charge on any atom is -0.497 e. The Kier molecular flexibility index (Phi) is 7.77. The summed E-state index contributed by atoms with van der Waals surface area (Å²) in [6.45, 7) is 5.28. The van der Waals surface area contributed by atoms with Gasteiger partial charge in [-0.1, -0.05) is 11.8 Å². The summed E-state index contributed by atoms with van der Waals surface area (Å²) >= 11 is 1.28. The SMILES string of the molecule is COc1ccc(-c2nnc(SC(C)C(=O)Nc3ccc(S(=O)(=O)NC(C)C)cc3)n2C)cc1. The maximum Gasteiger partial charge on any atom is 0.240 e. The van der Waals surface area contributed by atoms with Crippen molar-refractivity contribution in [3.05, 3.63) is 48.5 Å². The number of benzene rings is 2. The molecule has 2 N–H and O–H groups in total. The van der Waals surface area contributed by atoms with Crippen LogP contribution in [0.1, 0.15) is 20.8 Å². The zero-order chi connectivity index (χ0) is 24.2. The molecule has 11 heteroatoms. The van der Waals surface area contributed by atoms with E-state index in [-0.39, 0.29) is 16.8 Å². The number of ether oxygens (including phenoxy) is 1. The van der Waals surface area contributed by atoms with E-state index in [0.717, 1.165) is 11.3 Å². The fourth-order valence-corrected chi connectivity index (χ4v) is 5.03. The number of amides is 1. The van der Waals surface area contributed by atoms with E-state index >= 15 is 0 Å². The second kappa shape index (κ2) is 10.4. The summed E-state index contributed by atoms with van der Waals surface area (Å²) in [5.74, 6) is 1.20. The van der Waals surface area contributed by atoms with Crippen molar-refractivity contribution in [3.8, 4) is 17.1 Å². The lowest BCUT2D eigenvalue weighted by Crippen LogP contribution is -2.30. The van der Waals surface area contributed by atoms with Gasteiger partial charge >= 0.3 is 0 Å². The van der Waals surface area contributed by atoms with Gasteiger partial charge in [-0.2, -0.15) is 0 Å². The minimum atomic E-state index is -3.58. The summed E-state index contributed by atoms with van der Waals surface area (Å²) < 4.78 is 34.0. The quantitative estimate of drug-likeness (QED) is 0.443. The van der Waals surface area contributed by atoms with Crippen LogP contribution in [-0.4, -0.2) is 47.5 Å². The number of carbonyl (C=O) groups is 1. The molecule has 2 aromatic carbocycles. The third-order valence-electron chi connectivity index (χ3n) is 4.66. The number of hydrogen-bond acceptors (Lipinski definition) is 7. The van der Waals surface area contributed by atoms with E-state index in [9.17, 15) is 13.2 Å². The molecule has 0 saturated heterocycles. The maximum atomic E-state index is 12.7. The van der Waals surface area contributed by atoms with Crippen LogP contribution in [0.25, 0.3) is 11.4 Å². The van der Waals surface area contributed by atoms with Gasteiger partial charge in [0.2, 0.25) is 15.9 Å². The van der Waals surface area contributed by atoms with Crippen LogP contribution < -0.4 is 14.8 Å². The Labute approximate surface area is 198 Å². The van der Waals surface area contributed by atoms with Gasteiger partial charge in [-0.05, 0) is 69.3 Å². The van der Waals surface area contributed by atoms with Gasteiger partial charge < -0.3 is 14.6 Å². The lowest BCUT2D eigenvalue weighted by molar-refractivity contribution is -0.115. The van der Waals surface area contributed by atoms with Gasteiger partial charge in [-0.25, -0.2) is 13.1 Å². The molecule has 1 heterocycles. The van der Waals surface area contributed by atoms with Crippen molar-refractivity contribution in [2.75, 3.05) is 12.4 Å². The van der Waals surface area contributed by atoms with Crippen molar-refractivity contribution in [3.63, 3.8) is 0 Å². The predicted octanol–water partition coefficient (Wildman–Crippen LogP) is 3.30. The molecule has 1 amide bonds. The molecule has 0 radical (unpaired) electrons. The Bertz CT molecular complexity index is 1210. The summed E-state index contributed by atoms with van der Waals surface area (Å²) in [5.41, 5.74) is 1.39. The Morgan fingerprint density at radius 2 is 1.67 bits per heavy atom. The van der Waals surface area contributed by atoms with Crippen LogP contribution in [-0.2, 0) is 21.9 Å². The van der Waals surface area contributed by atoms with Gasteiger partial charge in [0.1, 0.15) is 5.75 Å². The first-order chi connectivity index (χ1) is 15.6. The van der Waals surface area contributed by atoms with Crippen LogP contribution in [0.15, 0.2) is 58.6 Å². The van der Waals surface area contributed by atoms with Crippen molar-refractivity contribution in [1.82, 2.24) is 19.5 Å². The number of aromatic nitrogens is 3. The number of methoxy groups -OCH3 is 1. The van der Waals surface area contributed by atoms with E-state index in [2.05, 4.69) is 20.2 Å². The molecule has 0 bridgehead atoms. The number of anilines is 1. The number of sulfonamides is 1. The second-order valence-corrected chi connectivity index (χ2v) is 10.7. The zero-order valence-corrected chi connectivity index (χ0v) is 20.7. The predicted molar refractivity (Wildman–Crippen MR) is 129 cm³/mol. The first-order valence-electron chi connectivity index (χ1n) is 10.2. The minimum absolute atomic E-state index is 0.141. The molecule has 0 aliphatic carbocycles. The van der Waals surface area contributed by atoms with Gasteiger partial charge in [-0.3, -0.25) is 4.79 Å². The van der Waals surface area contributed by atoms with Crippen molar-refractivity contribution in [2.45, 2.75) is 42.1 Å². The third kappa shape index (κ3) is 6.12. The van der Waals surface area contributed by atoms with Crippen LogP contribution >= 0.6 is 11.8 Å². The number of nitrogens with zero attached hydrogens (tertiary/aromatic N) is 3. The molecule has 9 nitrogen and oxygen atoms in total. The topological polar surface area (TPSA) is 115 Å². The van der Waals surface area contributed by atoms with Crippen LogP contribution in [0.5, 0.6) is 5.75 Å². The Morgan fingerprint density at radius 1 is 1.03 bits per heavy atom. The average molecular weight is 490 g/mol. The molecule has 176 valence electrons. The first kappa shape index (κ1) is 24.7. The molecule has 3 rings (SSSR count). The number of nitrogens with one attached hydrogen (secondary N) is 2. The first-order valence-corrected chi connectivity index (χ1v) is 12.6. The van der Waals surface area contributed by atoms with E-state index in [0.29, 0.717) is 16.7 Å². The Hall–Kier alpha value is -2.89. The molecule has 0 aliphatic rings. The molecule has 1 unspecified atom stereocenters. The molecule has 0 aliphatic heterocycles. The van der Waals surface area contributed by atoms with Crippen molar-refractivity contribution >= 4 is 33.4 Å². The highest BCUT2D eigenvalue weighted by molar-refractivity contribution is 8.00. The summed E-state index contributed by atoms with van der Waals surface area (Å²) in [6.07, 6.45) is 0. The van der Waals surface area contributed by atoms with E-state index in [1.54, 1.807) is 40.0 Å². The van der Waals surface area contributed by atoms with Gasteiger partial charge in [0.15, 0.2) is 11.0 Å². The average Bonchev–Trinajstić information content (AvgIpc) is 3.13. The zero-order valence-electron chi connectivity index (χ0n) is 19.1. The highest BCUT2D eigenvalue weighted by Crippen LogP contribution is 2.27. The molecular weight excluding hydrogens is 462 g/mol. The molecule has 0 spiro atoms. The fraction of sp³-hybridized carbons (Fsp3) is 0.318. The largest absolute Gasteiger partial charge is 0.497 e. The van der Waals surface area contributed by atoms with Crippen LogP contribution in [0.2, 0.25) is 0 Å². The van der Waals surface area contributed by atoms with Crippen molar-refractivity contribution in [1.29, 1.82) is 0 Å². The summed E-state index contributed by atoms with van der Waals surface area (Å²) in [5, 5.41) is 11.4. The lowest BCUT2D eigenvalue weighted by atomic mass is 10.2. The third-order valence-corrected chi connectivity index (χ3v) is 7.47. The molecule has 33 heavy (non-hydrogen) atoms. The van der Waals surface area contributed by atoms with Gasteiger partial charge in [-0.15, -0.1) is 10.2 Å². The molecule has 0 fully saturated rings. The number of thioether (sulfide) groups is 1. The second-order valence-electron chi connectivity index (χ2n) is 7.64. The molecule has 1 atom stereocenters. The van der Waals surface area contributed by atoms with Gasteiger partial charge in [0, 0.05) is 24.3 Å². The Morgan fingerprint density at radius 3 is 2.24 bits per heavy atom. The summed E-state index contributed by atoms with van der Waals surface area (Å²) in [4.78, 5) is 12.8. The summed E-state index contributed by atoms with van der Waals surface area (Å²) in [7, 11) is -0.129. The number of hydrogen-bond donors (Lipinski definition) is 2. The highest BCUT2D eigenvalue weighted by atomic mass is 32.2. The molecule has 3 aromatic rings. The summed E-state index contributed by atoms with van der Waals surface area (Å²) in [6, 6.07) is 13.3. The molecule has 1 aromatic heterocycles. The molecular formula is C22H27N5O4S2. The fourth-order valence-electron chi connectivity index (χ4n) is 2.96. The van der Waals surface area contributed by atoms with Crippen LogP contribution in [0, 0.1) is 0 Å². The van der Waals surface area contributed by atoms with Gasteiger partial charge in [0.25, 0.3) is 0 Å². The smallest absolute Gasteiger partial charge is 0.240 e. The number of rotatable bonds is 9. The van der Waals surface area contributed by atoms with Crippen molar-refractivity contribution in [2.24, 2.45) is 7.05 Å². The van der Waals surface area contributed by atoms with Crippen molar-refractivity contribution < 1.29 is 17.9 Å². The van der Waals surface area contributed by atoms with Crippen LogP contribution in [0.4, 0.5) is 5.69 Å². The maximum absolute atomic E-state index is 12.7. The normalized spacial score (nSPS) is 12.5. The van der Waals surface area contributed by atoms with E-state index < -0.39 is 15.3 Å². The monoisotopic (exact) mass is 489 g/mol. The standard InChI is InChI=1S/C22H27N5O4S2/c1-14(2)26-33(29,30)19-12-8-17(9-13-19)23-21(28)15(3)32-22-25-24-20(27(22)4)16-6-10-18(31-5)11-7-16/h6-15,26H,1-5H3,(H,23,28). The lowest BCUT2D eigenvalue weighted by Gasteiger charge is -2.13. The van der Waals surface area contributed by atoms with Crippen LogP contribution in [0.3, 0.4) is 0 Å². The highest BCUT2D eigenvalue weighted by Gasteiger charge is 2.20. The van der Waals surface area contributed by atoms with E-state index in [1.165, 1.54) is 23.9 Å².